The van der Waals surface area contributed by atoms with Crippen LogP contribution in [0.4, 0.5) is 0 Å². The SMILES string of the molecule is Cc1cc(C)nc(C2CCCCN2)n1. The molecule has 3 heteroatoms. The second kappa shape index (κ2) is 4.05. The number of aryl methyl sites for hydroxylation is 2. The average Bonchev–Trinajstić information content (AvgIpc) is 2.18. The van der Waals surface area contributed by atoms with Gasteiger partial charge in [-0.2, -0.15) is 0 Å². The van der Waals surface area contributed by atoms with Gasteiger partial charge in [-0.15, -0.1) is 0 Å². The van der Waals surface area contributed by atoms with E-state index in [1.54, 1.807) is 0 Å². The lowest BCUT2D eigenvalue weighted by Crippen LogP contribution is -2.28. The van der Waals surface area contributed by atoms with Crippen molar-refractivity contribution in [2.75, 3.05) is 6.54 Å². The predicted octanol–water partition coefficient (Wildman–Crippen LogP) is 1.91. The van der Waals surface area contributed by atoms with Gasteiger partial charge in [0.2, 0.25) is 0 Å². The summed E-state index contributed by atoms with van der Waals surface area (Å²) in [6.45, 7) is 5.16. The molecule has 1 N–H and O–H groups in total. The van der Waals surface area contributed by atoms with Gasteiger partial charge in [0, 0.05) is 11.4 Å². The van der Waals surface area contributed by atoms with Crippen LogP contribution in [0.3, 0.4) is 0 Å². The Morgan fingerprint density at radius 2 is 1.93 bits per heavy atom. The van der Waals surface area contributed by atoms with Crippen molar-refractivity contribution in [1.82, 2.24) is 15.3 Å². The van der Waals surface area contributed by atoms with E-state index in [-0.39, 0.29) is 0 Å². The Morgan fingerprint density at radius 3 is 2.50 bits per heavy atom. The first kappa shape index (κ1) is 9.59. The van der Waals surface area contributed by atoms with Crippen molar-refractivity contribution < 1.29 is 0 Å². The second-order valence-corrected chi connectivity index (χ2v) is 4.01. The molecule has 0 spiro atoms. The molecule has 1 aromatic rings. The van der Waals surface area contributed by atoms with Gasteiger partial charge in [0.15, 0.2) is 0 Å². The Labute approximate surface area is 85.0 Å². The molecule has 3 nitrogen and oxygen atoms in total. The van der Waals surface area contributed by atoms with Crippen LogP contribution in [0.25, 0.3) is 0 Å². The highest BCUT2D eigenvalue weighted by molar-refractivity contribution is 5.10. The monoisotopic (exact) mass is 191 g/mol. The summed E-state index contributed by atoms with van der Waals surface area (Å²) in [5.41, 5.74) is 2.14. The van der Waals surface area contributed by atoms with Gasteiger partial charge in [0.05, 0.1) is 6.04 Å². The van der Waals surface area contributed by atoms with Crippen molar-refractivity contribution in [2.24, 2.45) is 0 Å². The van der Waals surface area contributed by atoms with Crippen molar-refractivity contribution >= 4 is 0 Å². The van der Waals surface area contributed by atoms with E-state index in [2.05, 4.69) is 15.3 Å². The maximum absolute atomic E-state index is 4.48. The summed E-state index contributed by atoms with van der Waals surface area (Å²) in [5, 5.41) is 3.46. The highest BCUT2D eigenvalue weighted by atomic mass is 15.0. The molecule has 14 heavy (non-hydrogen) atoms. The molecular weight excluding hydrogens is 174 g/mol. The standard InChI is InChI=1S/C11H17N3/c1-8-7-9(2)14-11(13-8)10-5-3-4-6-12-10/h7,10,12H,3-6H2,1-2H3. The van der Waals surface area contributed by atoms with E-state index in [0.29, 0.717) is 6.04 Å². The lowest BCUT2D eigenvalue weighted by Gasteiger charge is -2.22. The van der Waals surface area contributed by atoms with Crippen LogP contribution in [0.15, 0.2) is 6.07 Å². The molecule has 0 amide bonds. The summed E-state index contributed by atoms with van der Waals surface area (Å²) >= 11 is 0. The molecule has 2 heterocycles. The van der Waals surface area contributed by atoms with Gasteiger partial charge in [-0.25, -0.2) is 9.97 Å². The highest BCUT2D eigenvalue weighted by Crippen LogP contribution is 2.20. The summed E-state index contributed by atoms with van der Waals surface area (Å²) in [5.74, 6) is 0.974. The lowest BCUT2D eigenvalue weighted by molar-refractivity contribution is 0.396. The molecular formula is C11H17N3. The molecule has 0 aliphatic carbocycles. The zero-order valence-corrected chi connectivity index (χ0v) is 8.88. The minimum Gasteiger partial charge on any atom is -0.307 e. The number of nitrogens with zero attached hydrogens (tertiary/aromatic N) is 2. The Hall–Kier alpha value is -0.960. The van der Waals surface area contributed by atoms with Gasteiger partial charge in [0.25, 0.3) is 0 Å². The van der Waals surface area contributed by atoms with E-state index in [4.69, 9.17) is 0 Å². The third-order valence-corrected chi connectivity index (χ3v) is 2.62. The van der Waals surface area contributed by atoms with Gasteiger partial charge in [-0.3, -0.25) is 0 Å². The number of aromatic nitrogens is 2. The predicted molar refractivity (Wildman–Crippen MR) is 56.1 cm³/mol. The van der Waals surface area contributed by atoms with Crippen molar-refractivity contribution in [1.29, 1.82) is 0 Å². The van der Waals surface area contributed by atoms with E-state index in [0.717, 1.165) is 23.8 Å². The van der Waals surface area contributed by atoms with E-state index < -0.39 is 0 Å². The molecule has 1 atom stereocenters. The largest absolute Gasteiger partial charge is 0.307 e. The van der Waals surface area contributed by atoms with Gasteiger partial charge in [0.1, 0.15) is 5.82 Å². The highest BCUT2D eigenvalue weighted by Gasteiger charge is 2.17. The van der Waals surface area contributed by atoms with Crippen molar-refractivity contribution in [3.8, 4) is 0 Å². The lowest BCUT2D eigenvalue weighted by atomic mass is 10.0. The molecule has 0 saturated carbocycles. The Bertz CT molecular complexity index is 296. The molecule has 0 bridgehead atoms. The van der Waals surface area contributed by atoms with Gasteiger partial charge in [-0.1, -0.05) is 6.42 Å². The van der Waals surface area contributed by atoms with Crippen molar-refractivity contribution in [3.05, 3.63) is 23.3 Å². The molecule has 1 fully saturated rings. The van der Waals surface area contributed by atoms with Gasteiger partial charge >= 0.3 is 0 Å². The normalized spacial score (nSPS) is 22.3. The molecule has 1 saturated heterocycles. The first-order chi connectivity index (χ1) is 6.75. The van der Waals surface area contributed by atoms with Crippen LogP contribution in [0.1, 0.15) is 42.5 Å². The molecule has 0 aromatic carbocycles. The van der Waals surface area contributed by atoms with Crippen LogP contribution in [-0.4, -0.2) is 16.5 Å². The van der Waals surface area contributed by atoms with E-state index in [1.165, 1.54) is 19.3 Å². The third-order valence-electron chi connectivity index (χ3n) is 2.62. The smallest absolute Gasteiger partial charge is 0.145 e. The van der Waals surface area contributed by atoms with Gasteiger partial charge < -0.3 is 5.32 Å². The molecule has 1 aliphatic heterocycles. The molecule has 2 rings (SSSR count). The molecule has 1 aromatic heterocycles. The number of rotatable bonds is 1. The number of hydrogen-bond acceptors (Lipinski definition) is 3. The zero-order valence-electron chi connectivity index (χ0n) is 8.88. The topological polar surface area (TPSA) is 37.8 Å². The minimum absolute atomic E-state index is 0.377. The third kappa shape index (κ3) is 2.10. The van der Waals surface area contributed by atoms with Gasteiger partial charge in [-0.05, 0) is 39.3 Å². The molecule has 1 unspecified atom stereocenters. The fourth-order valence-corrected chi connectivity index (χ4v) is 1.98. The number of hydrogen-bond donors (Lipinski definition) is 1. The molecule has 76 valence electrons. The van der Waals surface area contributed by atoms with Crippen LogP contribution >= 0.6 is 0 Å². The Morgan fingerprint density at radius 1 is 1.21 bits per heavy atom. The summed E-state index contributed by atoms with van der Waals surface area (Å²) in [6.07, 6.45) is 3.73. The Balaban J connectivity index is 2.21. The maximum atomic E-state index is 4.48. The first-order valence-electron chi connectivity index (χ1n) is 5.31. The van der Waals surface area contributed by atoms with Crippen LogP contribution in [-0.2, 0) is 0 Å². The van der Waals surface area contributed by atoms with Crippen LogP contribution in [0, 0.1) is 13.8 Å². The fourth-order valence-electron chi connectivity index (χ4n) is 1.98. The van der Waals surface area contributed by atoms with Crippen LogP contribution < -0.4 is 5.32 Å². The summed E-state index contributed by atoms with van der Waals surface area (Å²) in [7, 11) is 0. The second-order valence-electron chi connectivity index (χ2n) is 4.01. The van der Waals surface area contributed by atoms with Crippen LogP contribution in [0.5, 0.6) is 0 Å². The fraction of sp³-hybridized carbons (Fsp3) is 0.636. The summed E-state index contributed by atoms with van der Waals surface area (Å²) in [6, 6.07) is 2.40. The van der Waals surface area contributed by atoms with Crippen molar-refractivity contribution in [2.45, 2.75) is 39.2 Å². The van der Waals surface area contributed by atoms with Crippen molar-refractivity contribution in [3.63, 3.8) is 0 Å². The first-order valence-corrected chi connectivity index (χ1v) is 5.31. The Kier molecular flexibility index (Phi) is 2.77. The van der Waals surface area contributed by atoms with E-state index in [1.807, 2.05) is 19.9 Å². The minimum atomic E-state index is 0.377. The summed E-state index contributed by atoms with van der Waals surface area (Å²) in [4.78, 5) is 8.97. The zero-order chi connectivity index (χ0) is 9.97. The quantitative estimate of drug-likeness (QED) is 0.736. The average molecular weight is 191 g/mol. The molecule has 0 radical (unpaired) electrons. The molecule has 1 aliphatic rings. The van der Waals surface area contributed by atoms with E-state index >= 15 is 0 Å². The maximum Gasteiger partial charge on any atom is 0.145 e. The number of piperidine rings is 1. The summed E-state index contributed by atoms with van der Waals surface area (Å²) < 4.78 is 0. The van der Waals surface area contributed by atoms with Crippen LogP contribution in [0.2, 0.25) is 0 Å². The van der Waals surface area contributed by atoms with E-state index in [9.17, 15) is 0 Å². The number of nitrogens with one attached hydrogen (secondary N) is 1.